The van der Waals surface area contributed by atoms with Crippen LogP contribution in [0.4, 0.5) is 0 Å². The zero-order valence-electron chi connectivity index (χ0n) is 9.62. The van der Waals surface area contributed by atoms with Crippen molar-refractivity contribution in [2.45, 2.75) is 50.3 Å². The van der Waals surface area contributed by atoms with Crippen molar-refractivity contribution >= 4 is 0 Å². The smallest absolute Gasteiger partial charge is 0.186 e. The quantitative estimate of drug-likeness (QED) is 0.653. The molecule has 6 heteroatoms. The highest BCUT2D eigenvalue weighted by Gasteiger charge is 2.54. The number of ether oxygens (including phenoxy) is 4. The summed E-state index contributed by atoms with van der Waals surface area (Å²) in [5, 5.41) is 19.0. The van der Waals surface area contributed by atoms with Crippen LogP contribution >= 0.6 is 0 Å². The Morgan fingerprint density at radius 1 is 1.25 bits per heavy atom. The lowest BCUT2D eigenvalue weighted by Gasteiger charge is -2.38. The largest absolute Gasteiger partial charge is 0.394 e. The highest BCUT2D eigenvalue weighted by Crippen LogP contribution is 2.37. The molecule has 0 aromatic rings. The second-order valence-corrected chi connectivity index (χ2v) is 4.52. The lowest BCUT2D eigenvalue weighted by Crippen LogP contribution is -2.57. The van der Waals surface area contributed by atoms with Gasteiger partial charge in [-0.1, -0.05) is 0 Å². The molecule has 0 aromatic heterocycles. The molecule has 2 fully saturated rings. The van der Waals surface area contributed by atoms with Gasteiger partial charge in [0, 0.05) is 7.11 Å². The van der Waals surface area contributed by atoms with Crippen LogP contribution in [0.5, 0.6) is 0 Å². The number of methoxy groups -OCH3 is 1. The zero-order valence-corrected chi connectivity index (χ0v) is 9.62. The maximum Gasteiger partial charge on any atom is 0.186 e. The molecule has 2 aliphatic rings. The van der Waals surface area contributed by atoms with Gasteiger partial charge < -0.3 is 29.2 Å². The summed E-state index contributed by atoms with van der Waals surface area (Å²) in [6, 6.07) is 0. The Kier molecular flexibility index (Phi) is 3.22. The molecule has 6 nitrogen and oxygen atoms in total. The van der Waals surface area contributed by atoms with Crippen molar-refractivity contribution in [1.29, 1.82) is 0 Å². The molecule has 0 radical (unpaired) electrons. The maximum absolute atomic E-state index is 9.94. The Morgan fingerprint density at radius 2 is 1.88 bits per heavy atom. The normalized spacial score (nSPS) is 46.7. The average molecular weight is 234 g/mol. The lowest BCUT2D eigenvalue weighted by atomic mass is 9.99. The summed E-state index contributed by atoms with van der Waals surface area (Å²) in [4.78, 5) is 0. The Hall–Kier alpha value is -0.240. The molecule has 0 aliphatic carbocycles. The van der Waals surface area contributed by atoms with E-state index in [-0.39, 0.29) is 6.61 Å². The topological polar surface area (TPSA) is 77.4 Å². The number of aliphatic hydroxyl groups excluding tert-OH is 2. The van der Waals surface area contributed by atoms with E-state index in [1.807, 2.05) is 0 Å². The molecule has 0 aromatic carbocycles. The van der Waals surface area contributed by atoms with Crippen LogP contribution in [0, 0.1) is 0 Å². The Bertz CT molecular complexity index is 256. The fourth-order valence-corrected chi connectivity index (χ4v) is 2.17. The number of aliphatic hydroxyl groups is 2. The third-order valence-corrected chi connectivity index (χ3v) is 2.87. The van der Waals surface area contributed by atoms with Gasteiger partial charge in [-0.25, -0.2) is 0 Å². The molecular weight excluding hydrogens is 216 g/mol. The number of hydrogen-bond donors (Lipinski definition) is 2. The monoisotopic (exact) mass is 234 g/mol. The van der Waals surface area contributed by atoms with Gasteiger partial charge in [0.05, 0.1) is 6.61 Å². The second kappa shape index (κ2) is 4.21. The number of rotatable bonds is 2. The third-order valence-electron chi connectivity index (χ3n) is 2.87. The van der Waals surface area contributed by atoms with E-state index in [1.165, 1.54) is 7.11 Å². The van der Waals surface area contributed by atoms with Gasteiger partial charge in [0.15, 0.2) is 12.1 Å². The van der Waals surface area contributed by atoms with E-state index < -0.39 is 36.5 Å². The molecule has 0 unspecified atom stereocenters. The minimum absolute atomic E-state index is 0.284. The molecule has 2 N–H and O–H groups in total. The fourth-order valence-electron chi connectivity index (χ4n) is 2.17. The van der Waals surface area contributed by atoms with Gasteiger partial charge in [-0.3, -0.25) is 0 Å². The molecule has 2 rings (SSSR count). The standard InChI is InChI=1S/C10H18O6/c1-10(2)15-7-6(12)5(4-11)14-9(13-3)8(7)16-10/h5-9,11-12H,4H2,1-3H3/t5-,6+,7-,8-,9-/m1/s1. The molecule has 5 atom stereocenters. The molecule has 16 heavy (non-hydrogen) atoms. The predicted molar refractivity (Wildman–Crippen MR) is 52.6 cm³/mol. The zero-order chi connectivity index (χ0) is 11.9. The van der Waals surface area contributed by atoms with Crippen LogP contribution in [0.1, 0.15) is 13.8 Å². The van der Waals surface area contributed by atoms with Crippen LogP contribution in [0.2, 0.25) is 0 Å². The molecular formula is C10H18O6. The van der Waals surface area contributed by atoms with E-state index in [0.717, 1.165) is 0 Å². The summed E-state index contributed by atoms with van der Waals surface area (Å²) in [5.74, 6) is -0.777. The Balaban J connectivity index is 2.18. The van der Waals surface area contributed by atoms with E-state index in [1.54, 1.807) is 13.8 Å². The van der Waals surface area contributed by atoms with Crippen LogP contribution < -0.4 is 0 Å². The first kappa shape index (κ1) is 12.2. The van der Waals surface area contributed by atoms with E-state index >= 15 is 0 Å². The summed E-state index contributed by atoms with van der Waals surface area (Å²) in [6.45, 7) is 3.24. The highest BCUT2D eigenvalue weighted by molar-refractivity contribution is 4.95. The average Bonchev–Trinajstić information content (AvgIpc) is 2.55. The van der Waals surface area contributed by atoms with Crippen molar-refractivity contribution in [1.82, 2.24) is 0 Å². The van der Waals surface area contributed by atoms with E-state index in [9.17, 15) is 5.11 Å². The van der Waals surface area contributed by atoms with Crippen LogP contribution in [0.25, 0.3) is 0 Å². The van der Waals surface area contributed by atoms with Crippen LogP contribution in [0.15, 0.2) is 0 Å². The fraction of sp³-hybridized carbons (Fsp3) is 1.00. The molecule has 94 valence electrons. The summed E-state index contributed by atoms with van der Waals surface area (Å²) < 4.78 is 21.7. The maximum atomic E-state index is 9.94. The first-order valence-electron chi connectivity index (χ1n) is 5.31. The van der Waals surface area contributed by atoms with Gasteiger partial charge in [-0.15, -0.1) is 0 Å². The number of fused-ring (bicyclic) bond motifs is 1. The first-order valence-corrected chi connectivity index (χ1v) is 5.31. The second-order valence-electron chi connectivity index (χ2n) is 4.52. The predicted octanol–water partition coefficient (Wildman–Crippen LogP) is -0.769. The van der Waals surface area contributed by atoms with Crippen molar-refractivity contribution in [3.63, 3.8) is 0 Å². The van der Waals surface area contributed by atoms with Gasteiger partial charge in [-0.2, -0.15) is 0 Å². The summed E-state index contributed by atoms with van der Waals surface area (Å²) in [5.41, 5.74) is 0. The minimum atomic E-state index is -0.914. The first-order chi connectivity index (χ1) is 7.48. The van der Waals surface area contributed by atoms with Crippen molar-refractivity contribution < 1.29 is 29.2 Å². The molecule has 0 saturated carbocycles. The van der Waals surface area contributed by atoms with Gasteiger partial charge in [-0.05, 0) is 13.8 Å². The molecule has 2 aliphatic heterocycles. The Labute approximate surface area is 94.1 Å². The van der Waals surface area contributed by atoms with Crippen LogP contribution in [0.3, 0.4) is 0 Å². The molecule has 0 bridgehead atoms. The third kappa shape index (κ3) is 1.97. The SMILES string of the molecule is CO[C@@H]1O[C@H](CO)[C@H](O)[C@H]2OC(C)(C)O[C@@H]12. The van der Waals surface area contributed by atoms with Crippen LogP contribution in [-0.4, -0.2) is 60.4 Å². The molecule has 2 saturated heterocycles. The van der Waals surface area contributed by atoms with Gasteiger partial charge >= 0.3 is 0 Å². The van der Waals surface area contributed by atoms with E-state index in [4.69, 9.17) is 24.1 Å². The van der Waals surface area contributed by atoms with Crippen molar-refractivity contribution in [2.24, 2.45) is 0 Å². The lowest BCUT2D eigenvalue weighted by molar-refractivity contribution is -0.272. The highest BCUT2D eigenvalue weighted by atomic mass is 16.8. The van der Waals surface area contributed by atoms with E-state index in [2.05, 4.69) is 0 Å². The van der Waals surface area contributed by atoms with Gasteiger partial charge in [0.2, 0.25) is 0 Å². The number of hydrogen-bond acceptors (Lipinski definition) is 6. The minimum Gasteiger partial charge on any atom is -0.394 e. The van der Waals surface area contributed by atoms with Gasteiger partial charge in [0.25, 0.3) is 0 Å². The van der Waals surface area contributed by atoms with Crippen LogP contribution in [-0.2, 0) is 18.9 Å². The van der Waals surface area contributed by atoms with Gasteiger partial charge in [0.1, 0.15) is 24.4 Å². The van der Waals surface area contributed by atoms with Crippen molar-refractivity contribution in [3.8, 4) is 0 Å². The summed E-state index contributed by atoms with van der Waals surface area (Å²) >= 11 is 0. The van der Waals surface area contributed by atoms with Crippen molar-refractivity contribution in [2.75, 3.05) is 13.7 Å². The van der Waals surface area contributed by atoms with Crippen molar-refractivity contribution in [3.05, 3.63) is 0 Å². The summed E-state index contributed by atoms with van der Waals surface area (Å²) in [6.07, 6.45) is -3.26. The molecule has 2 heterocycles. The van der Waals surface area contributed by atoms with E-state index in [0.29, 0.717) is 0 Å². The summed E-state index contributed by atoms with van der Waals surface area (Å²) in [7, 11) is 1.49. The molecule has 0 amide bonds. The Morgan fingerprint density at radius 3 is 2.44 bits per heavy atom. The molecule has 0 spiro atoms.